The molecule has 1 amide bonds. The van der Waals surface area contributed by atoms with Gasteiger partial charge in [0, 0.05) is 30.6 Å². The number of hydrogen-bond donors (Lipinski definition) is 0. The van der Waals surface area contributed by atoms with Gasteiger partial charge in [0.25, 0.3) is 5.91 Å². The van der Waals surface area contributed by atoms with E-state index >= 15 is 0 Å². The molecule has 0 radical (unpaired) electrons. The lowest BCUT2D eigenvalue weighted by molar-refractivity contribution is -0.140. The van der Waals surface area contributed by atoms with Crippen LogP contribution in [0.5, 0.6) is 0 Å². The van der Waals surface area contributed by atoms with Gasteiger partial charge >= 0.3 is 5.97 Å². The number of nitrogens with zero attached hydrogens (tertiary/aromatic N) is 2. The average Bonchev–Trinajstić information content (AvgIpc) is 3.42. The van der Waals surface area contributed by atoms with Crippen molar-refractivity contribution in [1.29, 1.82) is 0 Å². The maximum absolute atomic E-state index is 13.1. The van der Waals surface area contributed by atoms with Crippen LogP contribution in [-0.4, -0.2) is 54.7 Å². The molecule has 1 aliphatic rings. The molecule has 0 bridgehead atoms. The van der Waals surface area contributed by atoms with Crippen LogP contribution < -0.4 is 0 Å². The van der Waals surface area contributed by atoms with Gasteiger partial charge in [-0.3, -0.25) is 9.59 Å². The number of benzene rings is 1. The van der Waals surface area contributed by atoms with E-state index in [9.17, 15) is 9.59 Å². The first-order chi connectivity index (χ1) is 14.0. The number of ether oxygens (including phenoxy) is 2. The van der Waals surface area contributed by atoms with Crippen molar-refractivity contribution in [2.45, 2.75) is 45.1 Å². The van der Waals surface area contributed by atoms with Crippen molar-refractivity contribution < 1.29 is 19.1 Å². The summed E-state index contributed by atoms with van der Waals surface area (Å²) >= 11 is 1.45. The van der Waals surface area contributed by atoms with E-state index < -0.39 is 0 Å². The molecule has 156 valence electrons. The Bertz CT molecular complexity index is 826. The van der Waals surface area contributed by atoms with Gasteiger partial charge in [-0.05, 0) is 24.3 Å². The minimum absolute atomic E-state index is 0.0123. The number of esters is 1. The first-order valence-electron chi connectivity index (χ1n) is 10.0. The lowest BCUT2D eigenvalue weighted by Crippen LogP contribution is -2.39. The zero-order chi connectivity index (χ0) is 20.8. The van der Waals surface area contributed by atoms with E-state index in [1.165, 1.54) is 24.0 Å². The van der Waals surface area contributed by atoms with Crippen molar-refractivity contribution in [3.63, 3.8) is 0 Å². The van der Waals surface area contributed by atoms with Crippen LogP contribution in [0.25, 0.3) is 10.6 Å². The minimum atomic E-state index is -0.334. The molecule has 0 spiro atoms. The number of carbonyl (C=O) groups excluding carboxylic acids is 2. The summed E-state index contributed by atoms with van der Waals surface area (Å²) in [4.78, 5) is 30.9. The largest absolute Gasteiger partial charge is 0.469 e. The number of methoxy groups -OCH3 is 1. The van der Waals surface area contributed by atoms with Gasteiger partial charge in [-0.1, -0.05) is 38.1 Å². The third-order valence-corrected chi connectivity index (χ3v) is 5.99. The molecule has 6 nitrogen and oxygen atoms in total. The summed E-state index contributed by atoms with van der Waals surface area (Å²) in [6, 6.07) is 8.29. The molecule has 2 aromatic rings. The fraction of sp³-hybridized carbons (Fsp3) is 0.500. The quantitative estimate of drug-likeness (QED) is 0.606. The molecule has 1 aliphatic heterocycles. The molecule has 0 aliphatic carbocycles. The van der Waals surface area contributed by atoms with Crippen LogP contribution >= 0.6 is 11.3 Å². The molecule has 1 aromatic carbocycles. The van der Waals surface area contributed by atoms with E-state index in [-0.39, 0.29) is 24.4 Å². The Hall–Kier alpha value is -2.25. The summed E-state index contributed by atoms with van der Waals surface area (Å²) in [6.07, 6.45) is 2.09. The zero-order valence-corrected chi connectivity index (χ0v) is 18.0. The second-order valence-corrected chi connectivity index (χ2v) is 8.39. The van der Waals surface area contributed by atoms with Gasteiger partial charge in [0.15, 0.2) is 0 Å². The van der Waals surface area contributed by atoms with Crippen molar-refractivity contribution in [1.82, 2.24) is 9.88 Å². The van der Waals surface area contributed by atoms with Crippen molar-refractivity contribution >= 4 is 23.2 Å². The number of carbonyl (C=O) groups is 2. The molecule has 1 atom stereocenters. The number of hydrogen-bond acceptors (Lipinski definition) is 6. The molecule has 29 heavy (non-hydrogen) atoms. The van der Waals surface area contributed by atoms with Gasteiger partial charge in [-0.2, -0.15) is 0 Å². The number of aromatic nitrogens is 1. The van der Waals surface area contributed by atoms with Crippen LogP contribution in [0, 0.1) is 0 Å². The molecule has 7 heteroatoms. The van der Waals surface area contributed by atoms with Crippen LogP contribution in [0.1, 0.15) is 55.1 Å². The normalized spacial score (nSPS) is 16.2. The highest BCUT2D eigenvalue weighted by Gasteiger charge is 2.25. The van der Waals surface area contributed by atoms with E-state index in [1.54, 1.807) is 10.3 Å². The Kier molecular flexibility index (Phi) is 7.39. The summed E-state index contributed by atoms with van der Waals surface area (Å²) in [5.41, 5.74) is 2.67. The van der Waals surface area contributed by atoms with Crippen LogP contribution in [0.2, 0.25) is 0 Å². The fourth-order valence-corrected chi connectivity index (χ4v) is 4.12. The molecule has 1 saturated heterocycles. The lowest BCUT2D eigenvalue weighted by atomic mass is 10.0. The summed E-state index contributed by atoms with van der Waals surface area (Å²) in [6.45, 7) is 5.79. The van der Waals surface area contributed by atoms with E-state index in [2.05, 4.69) is 31.0 Å². The highest BCUT2D eigenvalue weighted by molar-refractivity contribution is 7.13. The van der Waals surface area contributed by atoms with Gasteiger partial charge in [0.1, 0.15) is 10.7 Å². The Morgan fingerprint density at radius 2 is 2.07 bits per heavy atom. The molecule has 1 fully saturated rings. The van der Waals surface area contributed by atoms with Crippen molar-refractivity contribution in [2.75, 3.05) is 26.8 Å². The number of thiazole rings is 1. The Labute approximate surface area is 175 Å². The Balaban J connectivity index is 1.73. The summed E-state index contributed by atoms with van der Waals surface area (Å²) in [5, 5.41) is 2.60. The minimum Gasteiger partial charge on any atom is -0.469 e. The highest BCUT2D eigenvalue weighted by atomic mass is 32.1. The van der Waals surface area contributed by atoms with Crippen molar-refractivity contribution in [3.8, 4) is 10.6 Å². The third-order valence-electron chi connectivity index (χ3n) is 5.10. The first kappa shape index (κ1) is 21.5. The van der Waals surface area contributed by atoms with Crippen molar-refractivity contribution in [2.24, 2.45) is 0 Å². The van der Waals surface area contributed by atoms with E-state index in [0.717, 1.165) is 30.0 Å². The first-order valence-corrected chi connectivity index (χ1v) is 10.9. The highest BCUT2D eigenvalue weighted by Crippen LogP contribution is 2.26. The van der Waals surface area contributed by atoms with Crippen LogP contribution in [0.15, 0.2) is 29.6 Å². The summed E-state index contributed by atoms with van der Waals surface area (Å²) in [5.74, 6) is -0.0382. The Morgan fingerprint density at radius 3 is 2.69 bits per heavy atom. The number of rotatable bonds is 8. The molecule has 0 saturated carbocycles. The van der Waals surface area contributed by atoms with Gasteiger partial charge < -0.3 is 14.4 Å². The molecular weight excluding hydrogens is 388 g/mol. The third kappa shape index (κ3) is 5.64. The number of amides is 1. The van der Waals surface area contributed by atoms with E-state index in [4.69, 9.17) is 9.47 Å². The second kappa shape index (κ2) is 9.98. The topological polar surface area (TPSA) is 68.7 Å². The molecule has 1 unspecified atom stereocenters. The van der Waals surface area contributed by atoms with E-state index in [1.807, 2.05) is 12.1 Å². The second-order valence-electron chi connectivity index (χ2n) is 7.53. The standard InChI is InChI=1S/C22H28N2O4S/c1-15(2)16-6-8-17(9-7-16)21-23-19(14-29-21)22(26)24(11-10-20(25)27-3)13-18-5-4-12-28-18/h6-9,14-15,18H,4-5,10-13H2,1-3H3. The predicted molar refractivity (Wildman–Crippen MR) is 113 cm³/mol. The maximum atomic E-state index is 13.1. The lowest BCUT2D eigenvalue weighted by Gasteiger charge is -2.24. The van der Waals surface area contributed by atoms with Gasteiger partial charge in [0.2, 0.25) is 0 Å². The molecule has 3 rings (SSSR count). The average molecular weight is 417 g/mol. The molecule has 2 heterocycles. The van der Waals surface area contributed by atoms with Gasteiger partial charge in [-0.25, -0.2) is 4.98 Å². The van der Waals surface area contributed by atoms with E-state index in [0.29, 0.717) is 24.7 Å². The van der Waals surface area contributed by atoms with Crippen LogP contribution in [0.4, 0.5) is 0 Å². The zero-order valence-electron chi connectivity index (χ0n) is 17.2. The van der Waals surface area contributed by atoms with Crippen LogP contribution in [-0.2, 0) is 14.3 Å². The van der Waals surface area contributed by atoms with Crippen LogP contribution in [0.3, 0.4) is 0 Å². The molecule has 0 N–H and O–H groups in total. The monoisotopic (exact) mass is 416 g/mol. The fourth-order valence-electron chi connectivity index (χ4n) is 3.32. The summed E-state index contributed by atoms with van der Waals surface area (Å²) < 4.78 is 10.4. The summed E-state index contributed by atoms with van der Waals surface area (Å²) in [7, 11) is 1.35. The smallest absolute Gasteiger partial charge is 0.307 e. The van der Waals surface area contributed by atoms with Gasteiger partial charge in [0.05, 0.1) is 19.6 Å². The van der Waals surface area contributed by atoms with Crippen molar-refractivity contribution in [3.05, 3.63) is 40.9 Å². The SMILES string of the molecule is COC(=O)CCN(CC1CCCO1)C(=O)c1csc(-c2ccc(C(C)C)cc2)n1. The molecule has 1 aromatic heterocycles. The molecular formula is C22H28N2O4S. The predicted octanol–water partition coefficient (Wildman–Crippen LogP) is 4.12. The maximum Gasteiger partial charge on any atom is 0.307 e. The Morgan fingerprint density at radius 1 is 1.31 bits per heavy atom. The van der Waals surface area contributed by atoms with Gasteiger partial charge in [-0.15, -0.1) is 11.3 Å².